The largest absolute Gasteiger partial charge is 0.340 e. The van der Waals surface area contributed by atoms with Crippen molar-refractivity contribution in [3.8, 4) is 0 Å². The van der Waals surface area contributed by atoms with Crippen molar-refractivity contribution in [3.05, 3.63) is 64.7 Å². The van der Waals surface area contributed by atoms with Gasteiger partial charge < -0.3 is 9.80 Å². The van der Waals surface area contributed by atoms with E-state index < -0.39 is 16.1 Å². The molecular formula is C24H31N3O3S. The van der Waals surface area contributed by atoms with E-state index in [1.54, 1.807) is 6.07 Å². The summed E-state index contributed by atoms with van der Waals surface area (Å²) in [4.78, 5) is 18.0. The van der Waals surface area contributed by atoms with Crippen molar-refractivity contribution in [1.82, 2.24) is 14.1 Å². The van der Waals surface area contributed by atoms with Crippen molar-refractivity contribution < 1.29 is 13.2 Å². The summed E-state index contributed by atoms with van der Waals surface area (Å²) in [5, 5.41) is 0. The van der Waals surface area contributed by atoms with Crippen LogP contribution >= 0.6 is 0 Å². The Balaban J connectivity index is 1.74. The van der Waals surface area contributed by atoms with Gasteiger partial charge in [-0.2, -0.15) is 4.31 Å². The maximum Gasteiger partial charge on any atom is 0.244 e. The SMILES string of the molecule is Cc1ccc(C)c(S(=O)(=O)N2Cc3ccccc3CC2C(=O)N2CCCN(C)CC2)c1. The van der Waals surface area contributed by atoms with Gasteiger partial charge in [0.1, 0.15) is 6.04 Å². The minimum Gasteiger partial charge on any atom is -0.340 e. The average molecular weight is 442 g/mol. The number of carbonyl (C=O) groups excluding carboxylic acids is 1. The molecule has 1 unspecified atom stereocenters. The number of benzene rings is 2. The monoisotopic (exact) mass is 441 g/mol. The first-order valence-electron chi connectivity index (χ1n) is 10.9. The molecule has 31 heavy (non-hydrogen) atoms. The number of hydrogen-bond acceptors (Lipinski definition) is 4. The van der Waals surface area contributed by atoms with Crippen LogP contribution in [0, 0.1) is 13.8 Å². The van der Waals surface area contributed by atoms with Crippen LogP contribution in [0.3, 0.4) is 0 Å². The fourth-order valence-corrected chi connectivity index (χ4v) is 6.42. The number of rotatable bonds is 3. The minimum absolute atomic E-state index is 0.0846. The highest BCUT2D eigenvalue weighted by Gasteiger charge is 2.41. The maximum absolute atomic E-state index is 13.8. The van der Waals surface area contributed by atoms with Gasteiger partial charge in [0, 0.05) is 26.2 Å². The number of sulfonamides is 1. The molecule has 1 atom stereocenters. The van der Waals surface area contributed by atoms with Crippen LogP contribution in [0.5, 0.6) is 0 Å². The summed E-state index contributed by atoms with van der Waals surface area (Å²) in [6.45, 7) is 6.96. The lowest BCUT2D eigenvalue weighted by Crippen LogP contribution is -2.54. The summed E-state index contributed by atoms with van der Waals surface area (Å²) in [6, 6.07) is 12.6. The van der Waals surface area contributed by atoms with Crippen LogP contribution in [0.15, 0.2) is 47.4 Å². The van der Waals surface area contributed by atoms with Gasteiger partial charge in [0.05, 0.1) is 4.90 Å². The van der Waals surface area contributed by atoms with Gasteiger partial charge in [0.2, 0.25) is 15.9 Å². The number of carbonyl (C=O) groups is 1. The third-order valence-electron chi connectivity index (χ3n) is 6.45. The number of hydrogen-bond donors (Lipinski definition) is 0. The lowest BCUT2D eigenvalue weighted by molar-refractivity contribution is -0.135. The molecule has 1 amide bonds. The summed E-state index contributed by atoms with van der Waals surface area (Å²) >= 11 is 0. The van der Waals surface area contributed by atoms with E-state index in [1.807, 2.05) is 55.1 Å². The van der Waals surface area contributed by atoms with Gasteiger partial charge in [-0.25, -0.2) is 8.42 Å². The van der Waals surface area contributed by atoms with E-state index in [4.69, 9.17) is 0 Å². The molecule has 2 heterocycles. The van der Waals surface area contributed by atoms with E-state index in [1.165, 1.54) is 4.31 Å². The molecule has 1 fully saturated rings. The van der Waals surface area contributed by atoms with Gasteiger partial charge in [0.25, 0.3) is 0 Å². The van der Waals surface area contributed by atoms with Crippen LogP contribution in [0.2, 0.25) is 0 Å². The van der Waals surface area contributed by atoms with Crippen LogP contribution in [-0.2, 0) is 27.8 Å². The van der Waals surface area contributed by atoms with Crippen LogP contribution in [0.1, 0.15) is 28.7 Å². The van der Waals surface area contributed by atoms with E-state index in [2.05, 4.69) is 11.9 Å². The molecule has 6 nitrogen and oxygen atoms in total. The molecule has 7 heteroatoms. The fraction of sp³-hybridized carbons (Fsp3) is 0.458. The summed E-state index contributed by atoms with van der Waals surface area (Å²) in [5.41, 5.74) is 3.61. The molecular weight excluding hydrogens is 410 g/mol. The summed E-state index contributed by atoms with van der Waals surface area (Å²) < 4.78 is 29.1. The number of amides is 1. The fourth-order valence-electron chi connectivity index (χ4n) is 4.55. The van der Waals surface area contributed by atoms with Crippen molar-refractivity contribution >= 4 is 15.9 Å². The van der Waals surface area contributed by atoms with E-state index in [0.29, 0.717) is 30.0 Å². The van der Waals surface area contributed by atoms with Gasteiger partial charge in [-0.05, 0) is 68.6 Å². The second-order valence-corrected chi connectivity index (χ2v) is 10.6. The summed E-state index contributed by atoms with van der Waals surface area (Å²) in [5.74, 6) is -0.0846. The Morgan fingerprint density at radius 3 is 2.48 bits per heavy atom. The number of nitrogens with zero attached hydrogens (tertiary/aromatic N) is 3. The van der Waals surface area contributed by atoms with Gasteiger partial charge >= 0.3 is 0 Å². The molecule has 0 aromatic heterocycles. The normalized spacial score (nSPS) is 20.9. The highest BCUT2D eigenvalue weighted by molar-refractivity contribution is 7.89. The summed E-state index contributed by atoms with van der Waals surface area (Å²) in [6.07, 6.45) is 1.31. The van der Waals surface area contributed by atoms with Crippen LogP contribution in [0.4, 0.5) is 0 Å². The van der Waals surface area contributed by atoms with Crippen LogP contribution in [0.25, 0.3) is 0 Å². The number of fused-ring (bicyclic) bond motifs is 1. The van der Waals surface area contributed by atoms with Crippen molar-refractivity contribution in [2.45, 2.75) is 44.2 Å². The molecule has 0 spiro atoms. The lowest BCUT2D eigenvalue weighted by atomic mass is 9.95. The molecule has 0 radical (unpaired) electrons. The molecule has 0 bridgehead atoms. The zero-order valence-corrected chi connectivity index (χ0v) is 19.4. The molecule has 0 saturated carbocycles. The highest BCUT2D eigenvalue weighted by Crippen LogP contribution is 2.31. The molecule has 2 aliphatic heterocycles. The summed E-state index contributed by atoms with van der Waals surface area (Å²) in [7, 11) is -1.78. The predicted octanol–water partition coefficient (Wildman–Crippen LogP) is 2.58. The Hall–Kier alpha value is -2.22. The molecule has 4 rings (SSSR count). The minimum atomic E-state index is -3.84. The third-order valence-corrected chi connectivity index (χ3v) is 8.45. The standard InChI is InChI=1S/C24H31N3O3S/c1-18-9-10-19(2)23(15-18)31(29,30)27-17-21-8-5-4-7-20(21)16-22(27)24(28)26-12-6-11-25(3)13-14-26/h4-5,7-10,15,22H,6,11-14,16-17H2,1-3H3. The Bertz CT molecular complexity index is 1080. The molecule has 166 valence electrons. The van der Waals surface area contributed by atoms with Crippen LogP contribution < -0.4 is 0 Å². The zero-order chi connectivity index (χ0) is 22.2. The quantitative estimate of drug-likeness (QED) is 0.735. The van der Waals surface area contributed by atoms with E-state index in [9.17, 15) is 13.2 Å². The van der Waals surface area contributed by atoms with Crippen molar-refractivity contribution in [2.24, 2.45) is 0 Å². The molecule has 2 aliphatic rings. The van der Waals surface area contributed by atoms with Gasteiger partial charge in [-0.1, -0.05) is 36.4 Å². The van der Waals surface area contributed by atoms with E-state index in [-0.39, 0.29) is 12.5 Å². The van der Waals surface area contributed by atoms with Crippen LogP contribution in [-0.4, -0.2) is 67.7 Å². The molecule has 2 aromatic rings. The zero-order valence-electron chi connectivity index (χ0n) is 18.5. The van der Waals surface area contributed by atoms with Gasteiger partial charge in [-0.15, -0.1) is 0 Å². The number of aryl methyl sites for hydroxylation is 2. The third kappa shape index (κ3) is 4.40. The van der Waals surface area contributed by atoms with E-state index in [0.717, 1.165) is 36.2 Å². The maximum atomic E-state index is 13.8. The van der Waals surface area contributed by atoms with Crippen molar-refractivity contribution in [2.75, 3.05) is 33.2 Å². The number of likely N-dealkylation sites (N-methyl/N-ethyl adjacent to an activating group) is 1. The van der Waals surface area contributed by atoms with Crippen molar-refractivity contribution in [1.29, 1.82) is 0 Å². The topological polar surface area (TPSA) is 60.9 Å². The first-order valence-corrected chi connectivity index (χ1v) is 12.3. The highest BCUT2D eigenvalue weighted by atomic mass is 32.2. The average Bonchev–Trinajstić information content (AvgIpc) is 2.98. The lowest BCUT2D eigenvalue weighted by Gasteiger charge is -2.37. The Kier molecular flexibility index (Phi) is 6.19. The Morgan fingerprint density at radius 1 is 0.968 bits per heavy atom. The first-order chi connectivity index (χ1) is 14.8. The van der Waals surface area contributed by atoms with Gasteiger partial charge in [-0.3, -0.25) is 4.79 Å². The molecule has 1 saturated heterocycles. The first kappa shape index (κ1) is 22.0. The molecule has 0 N–H and O–H groups in total. The second-order valence-electron chi connectivity index (χ2n) is 8.79. The Labute approximate surface area is 185 Å². The second kappa shape index (κ2) is 8.73. The predicted molar refractivity (Wildman–Crippen MR) is 121 cm³/mol. The Morgan fingerprint density at radius 2 is 1.71 bits per heavy atom. The van der Waals surface area contributed by atoms with Crippen molar-refractivity contribution in [3.63, 3.8) is 0 Å². The van der Waals surface area contributed by atoms with E-state index >= 15 is 0 Å². The molecule has 2 aromatic carbocycles. The molecule has 0 aliphatic carbocycles. The smallest absolute Gasteiger partial charge is 0.244 e. The van der Waals surface area contributed by atoms with Gasteiger partial charge in [0.15, 0.2) is 0 Å².